The molecule has 98 valence electrons. The van der Waals surface area contributed by atoms with Crippen molar-refractivity contribution in [3.63, 3.8) is 0 Å². The maximum atomic E-state index is 10.4. The van der Waals surface area contributed by atoms with Crippen LogP contribution in [0.3, 0.4) is 0 Å². The first-order valence-electron chi connectivity index (χ1n) is 6.83. The maximum Gasteiger partial charge on any atom is 0.108 e. The minimum absolute atomic E-state index is 0.512. The molecular formula is C15H22N2O. The zero-order chi connectivity index (χ0) is 13.0. The van der Waals surface area contributed by atoms with E-state index in [0.29, 0.717) is 5.69 Å². The Labute approximate surface area is 109 Å². The first-order chi connectivity index (χ1) is 8.69. The molecule has 0 aliphatic carbocycles. The topological polar surface area (TPSA) is 32.7 Å². The lowest BCUT2D eigenvalue weighted by Gasteiger charge is -2.34. The number of benzene rings is 1. The van der Waals surface area contributed by atoms with Crippen molar-refractivity contribution in [2.75, 3.05) is 13.1 Å². The van der Waals surface area contributed by atoms with Crippen molar-refractivity contribution in [2.24, 2.45) is 17.0 Å². The molecule has 1 heterocycles. The third-order valence-electron chi connectivity index (χ3n) is 3.93. The summed E-state index contributed by atoms with van der Waals surface area (Å²) in [5.41, 5.74) is 1.78. The van der Waals surface area contributed by atoms with Gasteiger partial charge in [0, 0.05) is 13.1 Å². The van der Waals surface area contributed by atoms with Crippen molar-refractivity contribution in [1.82, 2.24) is 4.90 Å². The van der Waals surface area contributed by atoms with Crippen molar-refractivity contribution in [1.29, 1.82) is 0 Å². The number of piperidine rings is 1. The monoisotopic (exact) mass is 246 g/mol. The number of rotatable bonds is 4. The van der Waals surface area contributed by atoms with E-state index < -0.39 is 0 Å². The Kier molecular flexibility index (Phi) is 4.48. The molecule has 1 aromatic carbocycles. The Morgan fingerprint density at radius 1 is 1.33 bits per heavy atom. The molecule has 18 heavy (non-hydrogen) atoms. The van der Waals surface area contributed by atoms with Crippen LogP contribution < -0.4 is 0 Å². The molecule has 0 N–H and O–H groups in total. The lowest BCUT2D eigenvalue weighted by atomic mass is 9.88. The minimum Gasteiger partial charge on any atom is -0.299 e. The molecule has 0 radical (unpaired) electrons. The summed E-state index contributed by atoms with van der Waals surface area (Å²) in [7, 11) is 0. The third-order valence-corrected chi connectivity index (χ3v) is 3.93. The summed E-state index contributed by atoms with van der Waals surface area (Å²) in [6, 6.07) is 7.61. The molecule has 1 aliphatic heterocycles. The number of hydrogen-bond donors (Lipinski definition) is 0. The lowest BCUT2D eigenvalue weighted by molar-refractivity contribution is 0.139. The Bertz CT molecular complexity index is 386. The number of nitroso groups, excluding NO2 is 1. The Hall–Kier alpha value is -1.22. The first kappa shape index (κ1) is 13.2. The molecule has 0 spiro atoms. The van der Waals surface area contributed by atoms with Gasteiger partial charge in [-0.25, -0.2) is 0 Å². The quantitative estimate of drug-likeness (QED) is 0.753. The van der Waals surface area contributed by atoms with Crippen molar-refractivity contribution < 1.29 is 0 Å². The van der Waals surface area contributed by atoms with E-state index in [0.717, 1.165) is 18.4 Å². The van der Waals surface area contributed by atoms with Crippen LogP contribution in [0.5, 0.6) is 0 Å². The van der Waals surface area contributed by atoms with E-state index in [1.165, 1.54) is 31.5 Å². The van der Waals surface area contributed by atoms with Crippen LogP contribution in [0.4, 0.5) is 5.69 Å². The van der Waals surface area contributed by atoms with Gasteiger partial charge in [0.1, 0.15) is 5.69 Å². The van der Waals surface area contributed by atoms with E-state index in [1.807, 2.05) is 12.1 Å². The van der Waals surface area contributed by atoms with Crippen molar-refractivity contribution in [3.05, 3.63) is 34.7 Å². The molecule has 1 aliphatic rings. The smallest absolute Gasteiger partial charge is 0.108 e. The molecule has 1 saturated heterocycles. The summed E-state index contributed by atoms with van der Waals surface area (Å²) in [5.74, 6) is 1.60. The maximum absolute atomic E-state index is 10.4. The van der Waals surface area contributed by atoms with Gasteiger partial charge in [-0.2, -0.15) is 0 Å². The molecule has 0 aromatic heterocycles. The number of likely N-dealkylation sites (tertiary alicyclic amines) is 1. The molecule has 1 aromatic rings. The van der Waals surface area contributed by atoms with E-state index in [1.54, 1.807) is 12.1 Å². The molecule has 3 heteroatoms. The second-order valence-electron chi connectivity index (χ2n) is 5.64. The van der Waals surface area contributed by atoms with Gasteiger partial charge in [0.25, 0.3) is 0 Å². The Balaban J connectivity index is 1.93. The van der Waals surface area contributed by atoms with Gasteiger partial charge in [-0.1, -0.05) is 26.0 Å². The van der Waals surface area contributed by atoms with E-state index in [2.05, 4.69) is 23.9 Å². The molecule has 3 nitrogen and oxygen atoms in total. The summed E-state index contributed by atoms with van der Waals surface area (Å²) in [5, 5.41) is 2.93. The second-order valence-corrected chi connectivity index (χ2v) is 5.64. The molecule has 0 unspecified atom stereocenters. The van der Waals surface area contributed by atoms with Gasteiger partial charge in [-0.3, -0.25) is 4.90 Å². The zero-order valence-electron chi connectivity index (χ0n) is 11.3. The fourth-order valence-electron chi connectivity index (χ4n) is 2.70. The van der Waals surface area contributed by atoms with E-state index in [9.17, 15) is 4.91 Å². The van der Waals surface area contributed by atoms with Crippen LogP contribution in [-0.2, 0) is 6.54 Å². The van der Waals surface area contributed by atoms with Gasteiger partial charge >= 0.3 is 0 Å². The van der Waals surface area contributed by atoms with Crippen LogP contribution in [0.15, 0.2) is 29.4 Å². The number of hydrogen-bond acceptors (Lipinski definition) is 3. The summed E-state index contributed by atoms with van der Waals surface area (Å²) >= 11 is 0. The van der Waals surface area contributed by atoms with Gasteiger partial charge < -0.3 is 0 Å². The molecule has 0 amide bonds. The summed E-state index contributed by atoms with van der Waals surface area (Å²) < 4.78 is 0. The zero-order valence-corrected chi connectivity index (χ0v) is 11.3. The van der Waals surface area contributed by atoms with Gasteiger partial charge in [0.05, 0.1) is 0 Å². The van der Waals surface area contributed by atoms with Crippen LogP contribution in [0.25, 0.3) is 0 Å². The lowest BCUT2D eigenvalue weighted by Crippen LogP contribution is -2.36. The number of nitrogens with zero attached hydrogens (tertiary/aromatic N) is 2. The second kappa shape index (κ2) is 6.10. The van der Waals surface area contributed by atoms with E-state index >= 15 is 0 Å². The average Bonchev–Trinajstić information content (AvgIpc) is 2.40. The van der Waals surface area contributed by atoms with E-state index in [4.69, 9.17) is 0 Å². The molecule has 2 rings (SSSR count). The fourth-order valence-corrected chi connectivity index (χ4v) is 2.70. The largest absolute Gasteiger partial charge is 0.299 e. The molecule has 0 bridgehead atoms. The SMILES string of the molecule is CC(C)[C@H]1CCCN(Cc2ccc(N=O)cc2)C1. The van der Waals surface area contributed by atoms with Crippen LogP contribution in [0.1, 0.15) is 32.3 Å². The predicted octanol–water partition coefficient (Wildman–Crippen LogP) is 3.95. The van der Waals surface area contributed by atoms with Crippen molar-refractivity contribution >= 4 is 5.69 Å². The highest BCUT2D eigenvalue weighted by Gasteiger charge is 2.22. The fraction of sp³-hybridized carbons (Fsp3) is 0.600. The van der Waals surface area contributed by atoms with Crippen molar-refractivity contribution in [3.8, 4) is 0 Å². The van der Waals surface area contributed by atoms with E-state index in [-0.39, 0.29) is 0 Å². The normalized spacial score (nSPS) is 21.2. The third kappa shape index (κ3) is 3.39. The Morgan fingerprint density at radius 2 is 2.06 bits per heavy atom. The predicted molar refractivity (Wildman–Crippen MR) is 74.7 cm³/mol. The standard InChI is InChI=1S/C15H22N2O/c1-12(2)14-4-3-9-17(11-14)10-13-5-7-15(16-18)8-6-13/h5-8,12,14H,3-4,9-11H2,1-2H3/t14-/m0/s1. The molecule has 1 atom stereocenters. The first-order valence-corrected chi connectivity index (χ1v) is 6.83. The van der Waals surface area contributed by atoms with Gasteiger partial charge in [-0.15, -0.1) is 4.91 Å². The highest BCUT2D eigenvalue weighted by molar-refractivity contribution is 5.38. The van der Waals surface area contributed by atoms with Crippen LogP contribution in [0.2, 0.25) is 0 Å². The molecular weight excluding hydrogens is 224 g/mol. The highest BCUT2D eigenvalue weighted by Crippen LogP contribution is 2.24. The minimum atomic E-state index is 0.512. The van der Waals surface area contributed by atoms with Crippen molar-refractivity contribution in [2.45, 2.75) is 33.2 Å². The average molecular weight is 246 g/mol. The highest BCUT2D eigenvalue weighted by atomic mass is 16.3. The van der Waals surface area contributed by atoms with Crippen LogP contribution in [-0.4, -0.2) is 18.0 Å². The summed E-state index contributed by atoms with van der Waals surface area (Å²) in [4.78, 5) is 12.9. The van der Waals surface area contributed by atoms with Gasteiger partial charge in [0.2, 0.25) is 0 Å². The van der Waals surface area contributed by atoms with Gasteiger partial charge in [0.15, 0.2) is 0 Å². The Morgan fingerprint density at radius 3 is 2.67 bits per heavy atom. The molecule has 0 saturated carbocycles. The summed E-state index contributed by atoms with van der Waals surface area (Å²) in [6.45, 7) is 8.02. The van der Waals surface area contributed by atoms with Crippen LogP contribution >= 0.6 is 0 Å². The van der Waals surface area contributed by atoms with Crippen LogP contribution in [0, 0.1) is 16.7 Å². The molecule has 1 fully saturated rings. The van der Waals surface area contributed by atoms with Gasteiger partial charge in [-0.05, 0) is 54.1 Å². The summed E-state index contributed by atoms with van der Waals surface area (Å²) in [6.07, 6.45) is 2.67.